The van der Waals surface area contributed by atoms with E-state index in [1.807, 2.05) is 6.07 Å². The number of nitrogens with zero attached hydrogens (tertiary/aromatic N) is 1. The van der Waals surface area contributed by atoms with Gasteiger partial charge < -0.3 is 10.1 Å². The maximum absolute atomic E-state index is 10.9. The van der Waals surface area contributed by atoms with Crippen molar-refractivity contribution in [1.82, 2.24) is 5.32 Å². The molecular formula is C16H24N2O3. The van der Waals surface area contributed by atoms with Gasteiger partial charge in [0.25, 0.3) is 5.69 Å². The van der Waals surface area contributed by atoms with Gasteiger partial charge in [-0.05, 0) is 37.3 Å². The Balaban J connectivity index is 2.00. The number of nitrogens with one attached hydrogen (secondary N) is 1. The second kappa shape index (κ2) is 8.10. The van der Waals surface area contributed by atoms with E-state index >= 15 is 0 Å². The van der Waals surface area contributed by atoms with Crippen molar-refractivity contribution in [2.75, 3.05) is 19.8 Å². The van der Waals surface area contributed by atoms with Crippen LogP contribution in [0.2, 0.25) is 0 Å². The second-order valence-electron chi connectivity index (χ2n) is 5.66. The molecule has 0 amide bonds. The van der Waals surface area contributed by atoms with Gasteiger partial charge in [-0.25, -0.2) is 0 Å². The average Bonchev–Trinajstić information content (AvgIpc) is 2.52. The van der Waals surface area contributed by atoms with Crippen molar-refractivity contribution in [3.05, 3.63) is 39.9 Å². The van der Waals surface area contributed by atoms with Crippen LogP contribution in [0, 0.1) is 16.0 Å². The summed E-state index contributed by atoms with van der Waals surface area (Å²) in [7, 11) is 0. The first-order chi connectivity index (χ1) is 10.2. The molecule has 0 radical (unpaired) electrons. The summed E-state index contributed by atoms with van der Waals surface area (Å²) in [5.74, 6) is 0.650. The van der Waals surface area contributed by atoms with Crippen LogP contribution in [0.3, 0.4) is 0 Å². The van der Waals surface area contributed by atoms with Crippen molar-refractivity contribution in [3.8, 4) is 0 Å². The van der Waals surface area contributed by atoms with Crippen LogP contribution in [-0.4, -0.2) is 24.7 Å². The fraction of sp³-hybridized carbons (Fsp3) is 0.625. The van der Waals surface area contributed by atoms with Crippen molar-refractivity contribution in [2.24, 2.45) is 5.92 Å². The molecule has 1 unspecified atom stereocenters. The number of hydrogen-bond acceptors (Lipinski definition) is 4. The van der Waals surface area contributed by atoms with Crippen LogP contribution in [0.25, 0.3) is 0 Å². The third kappa shape index (κ3) is 4.79. The summed E-state index contributed by atoms with van der Waals surface area (Å²) in [5.41, 5.74) is 1.18. The Kier molecular flexibility index (Phi) is 6.14. The lowest BCUT2D eigenvalue weighted by Gasteiger charge is -2.26. The molecule has 0 aliphatic carbocycles. The summed E-state index contributed by atoms with van der Waals surface area (Å²) >= 11 is 0. The van der Waals surface area contributed by atoms with Crippen LogP contribution in [-0.2, 0) is 4.74 Å². The van der Waals surface area contributed by atoms with E-state index in [0.717, 1.165) is 51.0 Å². The van der Waals surface area contributed by atoms with Gasteiger partial charge in [-0.1, -0.05) is 25.5 Å². The highest BCUT2D eigenvalue weighted by Crippen LogP contribution is 2.24. The van der Waals surface area contributed by atoms with Crippen molar-refractivity contribution >= 4 is 5.69 Å². The maximum Gasteiger partial charge on any atom is 0.269 e. The summed E-state index contributed by atoms with van der Waals surface area (Å²) < 4.78 is 5.38. The van der Waals surface area contributed by atoms with Gasteiger partial charge in [0, 0.05) is 31.4 Å². The summed E-state index contributed by atoms with van der Waals surface area (Å²) in [6.45, 7) is 4.79. The topological polar surface area (TPSA) is 64.4 Å². The van der Waals surface area contributed by atoms with Crippen molar-refractivity contribution in [1.29, 1.82) is 0 Å². The molecule has 2 rings (SSSR count). The lowest BCUT2D eigenvalue weighted by atomic mass is 9.97. The van der Waals surface area contributed by atoms with Gasteiger partial charge in [0.05, 0.1) is 4.92 Å². The molecule has 1 aliphatic heterocycles. The van der Waals surface area contributed by atoms with E-state index < -0.39 is 0 Å². The fourth-order valence-corrected chi connectivity index (χ4v) is 2.79. The third-order valence-corrected chi connectivity index (χ3v) is 4.05. The first-order valence-corrected chi connectivity index (χ1v) is 7.76. The van der Waals surface area contributed by atoms with Crippen molar-refractivity contribution < 1.29 is 9.66 Å². The van der Waals surface area contributed by atoms with Crippen molar-refractivity contribution in [3.63, 3.8) is 0 Å². The third-order valence-electron chi connectivity index (χ3n) is 4.05. The monoisotopic (exact) mass is 292 g/mol. The Morgan fingerprint density at radius 2 is 2.19 bits per heavy atom. The molecule has 116 valence electrons. The number of benzene rings is 1. The Bertz CT molecular complexity index is 459. The van der Waals surface area contributed by atoms with Crippen LogP contribution in [0.1, 0.15) is 44.2 Å². The van der Waals surface area contributed by atoms with Crippen molar-refractivity contribution in [2.45, 2.75) is 38.6 Å². The van der Waals surface area contributed by atoms with E-state index in [2.05, 4.69) is 12.2 Å². The van der Waals surface area contributed by atoms with Gasteiger partial charge in [-0.3, -0.25) is 10.1 Å². The lowest BCUT2D eigenvalue weighted by Crippen LogP contribution is -2.30. The van der Waals surface area contributed by atoms with E-state index in [0.29, 0.717) is 5.92 Å². The number of hydrogen-bond donors (Lipinski definition) is 1. The predicted molar refractivity (Wildman–Crippen MR) is 82.3 cm³/mol. The van der Waals surface area contributed by atoms with E-state index in [9.17, 15) is 10.1 Å². The molecule has 1 aromatic carbocycles. The standard InChI is InChI=1S/C16H24N2O3/c1-2-4-16(17-12-13-7-9-21-10-8-13)14-5-3-6-15(11-14)18(19)20/h3,5-6,11,13,16-17H,2,4,7-10,12H2,1H3. The van der Waals surface area contributed by atoms with Crippen LogP contribution >= 0.6 is 0 Å². The number of non-ortho nitro benzene ring substituents is 1. The molecule has 1 atom stereocenters. The van der Waals surface area contributed by atoms with Crippen LogP contribution < -0.4 is 5.32 Å². The van der Waals surface area contributed by atoms with Gasteiger partial charge in [0.2, 0.25) is 0 Å². The van der Waals surface area contributed by atoms with Crippen LogP contribution in [0.5, 0.6) is 0 Å². The quantitative estimate of drug-likeness (QED) is 0.617. The molecule has 5 heteroatoms. The predicted octanol–water partition coefficient (Wildman–Crippen LogP) is 3.45. The SMILES string of the molecule is CCCC(NCC1CCOCC1)c1cccc([N+](=O)[O-])c1. The molecule has 1 aromatic rings. The largest absolute Gasteiger partial charge is 0.381 e. The van der Waals surface area contributed by atoms with E-state index in [-0.39, 0.29) is 16.7 Å². The zero-order chi connectivity index (χ0) is 15.1. The number of rotatable bonds is 7. The molecule has 1 heterocycles. The van der Waals surface area contributed by atoms with Crippen LogP contribution in [0.4, 0.5) is 5.69 Å². The first-order valence-electron chi connectivity index (χ1n) is 7.76. The van der Waals surface area contributed by atoms with Gasteiger partial charge in [0.15, 0.2) is 0 Å². The van der Waals surface area contributed by atoms with Crippen LogP contribution in [0.15, 0.2) is 24.3 Å². The lowest BCUT2D eigenvalue weighted by molar-refractivity contribution is -0.384. The molecule has 1 N–H and O–H groups in total. The highest BCUT2D eigenvalue weighted by molar-refractivity contribution is 5.35. The van der Waals surface area contributed by atoms with E-state index in [4.69, 9.17) is 4.74 Å². The summed E-state index contributed by atoms with van der Waals surface area (Å²) in [4.78, 5) is 10.6. The highest BCUT2D eigenvalue weighted by atomic mass is 16.6. The molecule has 1 fully saturated rings. The minimum Gasteiger partial charge on any atom is -0.381 e. The molecule has 0 bridgehead atoms. The fourth-order valence-electron chi connectivity index (χ4n) is 2.79. The Morgan fingerprint density at radius 1 is 1.43 bits per heavy atom. The molecule has 1 aliphatic rings. The summed E-state index contributed by atoms with van der Waals surface area (Å²) in [6.07, 6.45) is 4.24. The highest BCUT2D eigenvalue weighted by Gasteiger charge is 2.18. The van der Waals surface area contributed by atoms with Gasteiger partial charge >= 0.3 is 0 Å². The molecule has 0 saturated carbocycles. The van der Waals surface area contributed by atoms with Gasteiger partial charge in [-0.2, -0.15) is 0 Å². The normalized spacial score (nSPS) is 17.6. The van der Waals surface area contributed by atoms with Gasteiger partial charge in [-0.15, -0.1) is 0 Å². The Hall–Kier alpha value is -1.46. The smallest absolute Gasteiger partial charge is 0.269 e. The molecular weight excluding hydrogens is 268 g/mol. The summed E-state index contributed by atoms with van der Waals surface area (Å²) in [5, 5.41) is 14.5. The second-order valence-corrected chi connectivity index (χ2v) is 5.66. The zero-order valence-electron chi connectivity index (χ0n) is 12.6. The minimum atomic E-state index is -0.328. The average molecular weight is 292 g/mol. The zero-order valence-corrected chi connectivity index (χ0v) is 12.6. The number of nitro benzene ring substituents is 1. The van der Waals surface area contributed by atoms with E-state index in [1.54, 1.807) is 18.2 Å². The number of ether oxygens (including phenoxy) is 1. The first kappa shape index (κ1) is 15.9. The minimum absolute atomic E-state index is 0.168. The molecule has 5 nitrogen and oxygen atoms in total. The number of nitro groups is 1. The Morgan fingerprint density at radius 3 is 2.86 bits per heavy atom. The molecule has 21 heavy (non-hydrogen) atoms. The molecule has 0 aromatic heterocycles. The Labute approximate surface area is 125 Å². The summed E-state index contributed by atoms with van der Waals surface area (Å²) in [6, 6.07) is 7.18. The molecule has 1 saturated heterocycles. The molecule has 0 spiro atoms. The van der Waals surface area contributed by atoms with Gasteiger partial charge in [0.1, 0.15) is 0 Å². The van der Waals surface area contributed by atoms with E-state index in [1.165, 1.54) is 0 Å². The maximum atomic E-state index is 10.9.